The van der Waals surface area contributed by atoms with Crippen LogP contribution in [0.4, 0.5) is 5.69 Å². The molecule has 5 nitrogen and oxygen atoms in total. The second-order valence-corrected chi connectivity index (χ2v) is 11.1. The van der Waals surface area contributed by atoms with Gasteiger partial charge >= 0.3 is 7.60 Å². The average Bonchev–Trinajstić information content (AvgIpc) is 3.11. The maximum Gasteiger partial charge on any atom is 0.357 e. The highest BCUT2D eigenvalue weighted by molar-refractivity contribution is 9.10. The molecular formula is C25H27BrClN2O3P. The molecular weight excluding hydrogens is 523 g/mol. The SMILES string of the molecule is CCOP(=O)(OCC)C(Nc1ccc(Cl)cc1)c1ccc2c(c1)c1cc(Br)ccc1n2CC. The summed E-state index contributed by atoms with van der Waals surface area (Å²) in [4.78, 5) is 0. The Morgan fingerprint density at radius 2 is 1.55 bits per heavy atom. The molecule has 0 aliphatic carbocycles. The van der Waals surface area contributed by atoms with Gasteiger partial charge in [0.15, 0.2) is 5.78 Å². The first-order chi connectivity index (χ1) is 15.9. The van der Waals surface area contributed by atoms with Crippen LogP contribution in [0, 0.1) is 0 Å². The Bertz CT molecular complexity index is 1310. The quantitative estimate of drug-likeness (QED) is 0.212. The van der Waals surface area contributed by atoms with E-state index in [0.717, 1.165) is 44.1 Å². The number of rotatable bonds is 9. The molecule has 0 aliphatic rings. The minimum absolute atomic E-state index is 0.278. The van der Waals surface area contributed by atoms with Crippen LogP contribution in [0.3, 0.4) is 0 Å². The van der Waals surface area contributed by atoms with Crippen LogP contribution in [0.25, 0.3) is 21.8 Å². The summed E-state index contributed by atoms with van der Waals surface area (Å²) >= 11 is 9.67. The Morgan fingerprint density at radius 1 is 0.939 bits per heavy atom. The highest BCUT2D eigenvalue weighted by atomic mass is 79.9. The van der Waals surface area contributed by atoms with Crippen molar-refractivity contribution in [1.82, 2.24) is 4.57 Å². The minimum atomic E-state index is -3.54. The molecule has 174 valence electrons. The molecule has 4 aromatic rings. The van der Waals surface area contributed by atoms with Crippen molar-refractivity contribution >= 4 is 62.6 Å². The van der Waals surface area contributed by atoms with E-state index in [0.29, 0.717) is 5.02 Å². The van der Waals surface area contributed by atoms with Crippen molar-refractivity contribution < 1.29 is 13.6 Å². The maximum absolute atomic E-state index is 14.0. The third-order valence-electron chi connectivity index (χ3n) is 5.56. The highest BCUT2D eigenvalue weighted by Gasteiger charge is 2.37. The van der Waals surface area contributed by atoms with Crippen molar-refractivity contribution in [2.24, 2.45) is 0 Å². The van der Waals surface area contributed by atoms with Gasteiger partial charge in [-0.3, -0.25) is 4.57 Å². The molecule has 4 rings (SSSR count). The van der Waals surface area contributed by atoms with Crippen molar-refractivity contribution in [3.05, 3.63) is 75.7 Å². The first-order valence-corrected chi connectivity index (χ1v) is 13.8. The summed E-state index contributed by atoms with van der Waals surface area (Å²) in [6.45, 7) is 7.18. The molecule has 33 heavy (non-hydrogen) atoms. The van der Waals surface area contributed by atoms with E-state index in [1.54, 1.807) is 12.1 Å². The van der Waals surface area contributed by atoms with Gasteiger partial charge in [0, 0.05) is 43.5 Å². The third kappa shape index (κ3) is 4.87. The summed E-state index contributed by atoms with van der Waals surface area (Å²) in [5.74, 6) is -0.685. The first kappa shape index (κ1) is 24.3. The lowest BCUT2D eigenvalue weighted by Gasteiger charge is -2.28. The number of anilines is 1. The monoisotopic (exact) mass is 548 g/mol. The number of fused-ring (bicyclic) bond motifs is 3. The zero-order valence-electron chi connectivity index (χ0n) is 18.8. The van der Waals surface area contributed by atoms with Crippen LogP contribution < -0.4 is 5.32 Å². The van der Waals surface area contributed by atoms with Gasteiger partial charge in [0.05, 0.1) is 13.2 Å². The number of halogens is 2. The summed E-state index contributed by atoms with van der Waals surface area (Å²) in [7, 11) is -3.54. The van der Waals surface area contributed by atoms with E-state index in [1.165, 1.54) is 0 Å². The van der Waals surface area contributed by atoms with E-state index in [-0.39, 0.29) is 13.2 Å². The number of aromatic nitrogens is 1. The molecule has 0 radical (unpaired) electrons. The van der Waals surface area contributed by atoms with E-state index < -0.39 is 13.4 Å². The van der Waals surface area contributed by atoms with Gasteiger partial charge in [0.25, 0.3) is 0 Å². The molecule has 8 heteroatoms. The number of hydrogen-bond acceptors (Lipinski definition) is 4. The topological polar surface area (TPSA) is 52.5 Å². The van der Waals surface area contributed by atoms with Crippen LogP contribution in [-0.2, 0) is 20.2 Å². The Kier molecular flexibility index (Phi) is 7.52. The summed E-state index contributed by atoms with van der Waals surface area (Å²) in [5, 5.41) is 6.25. The lowest BCUT2D eigenvalue weighted by molar-refractivity contribution is 0.214. The molecule has 1 aromatic heterocycles. The minimum Gasteiger partial charge on any atom is -0.368 e. The molecule has 0 fully saturated rings. The van der Waals surface area contributed by atoms with E-state index in [2.05, 4.69) is 63.1 Å². The van der Waals surface area contributed by atoms with Crippen LogP contribution >= 0.6 is 35.1 Å². The van der Waals surface area contributed by atoms with Crippen LogP contribution in [-0.4, -0.2) is 17.8 Å². The molecule has 1 heterocycles. The van der Waals surface area contributed by atoms with Gasteiger partial charge in [-0.25, -0.2) is 0 Å². The summed E-state index contributed by atoms with van der Waals surface area (Å²) in [5.41, 5.74) is 3.90. The number of nitrogens with one attached hydrogen (secondary N) is 1. The lowest BCUT2D eigenvalue weighted by atomic mass is 10.1. The Hall–Kier alpha value is -1.82. The Labute approximate surface area is 207 Å². The smallest absolute Gasteiger partial charge is 0.357 e. The van der Waals surface area contributed by atoms with Gasteiger partial charge in [-0.2, -0.15) is 0 Å². The fourth-order valence-corrected chi connectivity index (χ4v) is 6.61. The molecule has 1 atom stereocenters. The Morgan fingerprint density at radius 3 is 2.15 bits per heavy atom. The van der Waals surface area contributed by atoms with E-state index in [1.807, 2.05) is 32.0 Å². The van der Waals surface area contributed by atoms with Crippen molar-refractivity contribution in [2.45, 2.75) is 33.1 Å². The second kappa shape index (κ2) is 10.2. The van der Waals surface area contributed by atoms with Gasteiger partial charge in [0.1, 0.15) is 0 Å². The maximum atomic E-state index is 14.0. The Balaban J connectivity index is 1.90. The number of nitrogens with zero attached hydrogens (tertiary/aromatic N) is 1. The molecule has 0 aliphatic heterocycles. The molecule has 1 unspecified atom stereocenters. The van der Waals surface area contributed by atoms with Crippen molar-refractivity contribution in [1.29, 1.82) is 0 Å². The predicted octanol–water partition coefficient (Wildman–Crippen LogP) is 8.61. The number of hydrogen-bond donors (Lipinski definition) is 1. The summed E-state index contributed by atoms with van der Waals surface area (Å²) in [6, 6.07) is 19.8. The molecule has 0 saturated carbocycles. The molecule has 0 amide bonds. The van der Waals surface area contributed by atoms with Gasteiger partial charge in [-0.05, 0) is 80.9 Å². The number of benzene rings is 3. The largest absolute Gasteiger partial charge is 0.368 e. The molecule has 0 spiro atoms. The van der Waals surface area contributed by atoms with Gasteiger partial charge < -0.3 is 18.9 Å². The van der Waals surface area contributed by atoms with Crippen molar-refractivity contribution in [3.8, 4) is 0 Å². The molecule has 1 N–H and O–H groups in total. The van der Waals surface area contributed by atoms with Gasteiger partial charge in [-0.15, -0.1) is 0 Å². The van der Waals surface area contributed by atoms with Crippen LogP contribution in [0.5, 0.6) is 0 Å². The molecule has 3 aromatic carbocycles. The standard InChI is InChI=1S/C25H27BrClN2O3P/c1-4-29-23-13-7-17(15-21(23)22-16-18(26)8-14-24(22)29)25(33(30,31-5-2)32-6-3)28-20-11-9-19(27)10-12-20/h7-16,25,28H,4-6H2,1-3H3. The third-order valence-corrected chi connectivity index (χ3v) is 8.61. The normalized spacial score (nSPS) is 13.0. The second-order valence-electron chi connectivity index (χ2n) is 7.61. The van der Waals surface area contributed by atoms with E-state index in [4.69, 9.17) is 20.6 Å². The van der Waals surface area contributed by atoms with E-state index in [9.17, 15) is 4.57 Å². The van der Waals surface area contributed by atoms with Crippen LogP contribution in [0.1, 0.15) is 32.1 Å². The first-order valence-electron chi connectivity index (χ1n) is 11.0. The zero-order chi connectivity index (χ0) is 23.6. The fraction of sp³-hybridized carbons (Fsp3) is 0.280. The zero-order valence-corrected chi connectivity index (χ0v) is 22.1. The lowest BCUT2D eigenvalue weighted by Crippen LogP contribution is -2.15. The van der Waals surface area contributed by atoms with Crippen molar-refractivity contribution in [3.63, 3.8) is 0 Å². The van der Waals surface area contributed by atoms with Crippen molar-refractivity contribution in [2.75, 3.05) is 18.5 Å². The highest BCUT2D eigenvalue weighted by Crippen LogP contribution is 2.61. The van der Waals surface area contributed by atoms with Crippen LogP contribution in [0.15, 0.2) is 65.1 Å². The van der Waals surface area contributed by atoms with Gasteiger partial charge in [-0.1, -0.05) is 33.6 Å². The number of aryl methyl sites for hydroxylation is 1. The predicted molar refractivity (Wildman–Crippen MR) is 141 cm³/mol. The summed E-state index contributed by atoms with van der Waals surface area (Å²) < 4.78 is 28.8. The van der Waals surface area contributed by atoms with Gasteiger partial charge in [0.2, 0.25) is 0 Å². The molecule has 0 saturated heterocycles. The molecule has 0 bridgehead atoms. The van der Waals surface area contributed by atoms with Crippen LogP contribution in [0.2, 0.25) is 5.02 Å². The average molecular weight is 550 g/mol. The summed E-state index contributed by atoms with van der Waals surface area (Å²) in [6.07, 6.45) is 0. The fourth-order valence-electron chi connectivity index (χ4n) is 4.20. The van der Waals surface area contributed by atoms with E-state index >= 15 is 0 Å².